The van der Waals surface area contributed by atoms with Crippen molar-refractivity contribution in [2.75, 3.05) is 25.1 Å². The lowest BCUT2D eigenvalue weighted by Gasteiger charge is -2.19. The fraction of sp³-hybridized carbons (Fsp3) is 0.385. The SMILES string of the molecule is CCCN(CC(=O)OC)c1nc2ccccc2s1. The Hall–Kier alpha value is -1.62. The van der Waals surface area contributed by atoms with E-state index in [-0.39, 0.29) is 12.5 Å². The molecule has 0 N–H and O–H groups in total. The number of ether oxygens (including phenoxy) is 1. The molecule has 0 atom stereocenters. The van der Waals surface area contributed by atoms with Gasteiger partial charge in [0.25, 0.3) is 0 Å². The second-order valence-corrected chi connectivity index (χ2v) is 4.97. The summed E-state index contributed by atoms with van der Waals surface area (Å²) < 4.78 is 5.86. The molecule has 96 valence electrons. The van der Waals surface area contributed by atoms with Crippen LogP contribution in [0, 0.1) is 0 Å². The highest BCUT2D eigenvalue weighted by molar-refractivity contribution is 7.22. The van der Waals surface area contributed by atoms with E-state index in [1.165, 1.54) is 7.11 Å². The van der Waals surface area contributed by atoms with Crippen molar-refractivity contribution in [3.8, 4) is 0 Å². The average molecular weight is 264 g/mol. The second kappa shape index (κ2) is 5.82. The number of carbonyl (C=O) groups is 1. The number of rotatable bonds is 5. The molecule has 4 nitrogen and oxygen atoms in total. The Morgan fingerprint density at radius 3 is 2.89 bits per heavy atom. The van der Waals surface area contributed by atoms with Crippen molar-refractivity contribution in [2.45, 2.75) is 13.3 Å². The summed E-state index contributed by atoms with van der Waals surface area (Å²) in [6, 6.07) is 7.99. The van der Waals surface area contributed by atoms with Crippen molar-refractivity contribution in [3.05, 3.63) is 24.3 Å². The summed E-state index contributed by atoms with van der Waals surface area (Å²) in [6.07, 6.45) is 0.965. The van der Waals surface area contributed by atoms with Crippen LogP contribution in [0.1, 0.15) is 13.3 Å². The smallest absolute Gasteiger partial charge is 0.325 e. The molecule has 2 rings (SSSR count). The van der Waals surface area contributed by atoms with E-state index in [1.807, 2.05) is 29.2 Å². The van der Waals surface area contributed by atoms with Crippen LogP contribution in [0.4, 0.5) is 5.13 Å². The highest BCUT2D eigenvalue weighted by atomic mass is 32.1. The van der Waals surface area contributed by atoms with Gasteiger partial charge in [-0.15, -0.1) is 0 Å². The van der Waals surface area contributed by atoms with Crippen molar-refractivity contribution >= 4 is 32.7 Å². The van der Waals surface area contributed by atoms with Crippen molar-refractivity contribution in [1.82, 2.24) is 4.98 Å². The van der Waals surface area contributed by atoms with Crippen LogP contribution in [-0.4, -0.2) is 31.2 Å². The maximum absolute atomic E-state index is 11.4. The number of para-hydroxylation sites is 1. The van der Waals surface area contributed by atoms with Crippen LogP contribution < -0.4 is 4.90 Å². The third kappa shape index (κ3) is 2.79. The normalized spacial score (nSPS) is 10.6. The molecular weight excluding hydrogens is 248 g/mol. The van der Waals surface area contributed by atoms with Gasteiger partial charge in [-0.3, -0.25) is 4.79 Å². The predicted molar refractivity (Wildman–Crippen MR) is 74.1 cm³/mol. The number of hydrogen-bond acceptors (Lipinski definition) is 5. The summed E-state index contributed by atoms with van der Waals surface area (Å²) in [5, 5.41) is 0.878. The van der Waals surface area contributed by atoms with Gasteiger partial charge in [0.1, 0.15) is 6.54 Å². The Morgan fingerprint density at radius 2 is 2.22 bits per heavy atom. The first kappa shape index (κ1) is 12.8. The first-order valence-electron chi connectivity index (χ1n) is 5.92. The standard InChI is InChI=1S/C13H16N2O2S/c1-3-8-15(9-12(16)17-2)13-14-10-6-4-5-7-11(10)18-13/h4-7H,3,8-9H2,1-2H3. The Morgan fingerprint density at radius 1 is 1.44 bits per heavy atom. The van der Waals surface area contributed by atoms with Crippen molar-refractivity contribution in [3.63, 3.8) is 0 Å². The van der Waals surface area contributed by atoms with Crippen LogP contribution >= 0.6 is 11.3 Å². The summed E-state index contributed by atoms with van der Waals surface area (Å²) in [5.74, 6) is -0.234. The van der Waals surface area contributed by atoms with E-state index >= 15 is 0 Å². The summed E-state index contributed by atoms with van der Waals surface area (Å²) in [4.78, 5) is 17.9. The topological polar surface area (TPSA) is 42.4 Å². The molecule has 0 saturated heterocycles. The van der Waals surface area contributed by atoms with Crippen LogP contribution in [0.2, 0.25) is 0 Å². The summed E-state index contributed by atoms with van der Waals surface area (Å²) in [5.41, 5.74) is 0.975. The fourth-order valence-corrected chi connectivity index (χ4v) is 2.72. The van der Waals surface area contributed by atoms with Crippen molar-refractivity contribution in [1.29, 1.82) is 0 Å². The Kier molecular flexibility index (Phi) is 4.15. The highest BCUT2D eigenvalue weighted by Gasteiger charge is 2.15. The molecule has 2 aromatic rings. The van der Waals surface area contributed by atoms with E-state index in [0.717, 1.165) is 28.3 Å². The maximum atomic E-state index is 11.4. The Bertz CT molecular complexity index is 506. The van der Waals surface area contributed by atoms with E-state index in [0.29, 0.717) is 0 Å². The van der Waals surface area contributed by atoms with Gasteiger partial charge >= 0.3 is 5.97 Å². The van der Waals surface area contributed by atoms with Gasteiger partial charge in [0.2, 0.25) is 0 Å². The van der Waals surface area contributed by atoms with E-state index < -0.39 is 0 Å². The summed E-state index contributed by atoms with van der Waals surface area (Å²) >= 11 is 1.60. The van der Waals surface area contributed by atoms with Crippen LogP contribution in [0.3, 0.4) is 0 Å². The van der Waals surface area contributed by atoms with Crippen LogP contribution in [0.15, 0.2) is 24.3 Å². The minimum absolute atomic E-state index is 0.234. The number of fused-ring (bicyclic) bond motifs is 1. The summed E-state index contributed by atoms with van der Waals surface area (Å²) in [6.45, 7) is 3.14. The minimum Gasteiger partial charge on any atom is -0.468 e. The van der Waals surface area contributed by atoms with Crippen LogP contribution in [-0.2, 0) is 9.53 Å². The molecule has 0 bridgehead atoms. The minimum atomic E-state index is -0.234. The zero-order chi connectivity index (χ0) is 13.0. The molecule has 0 aliphatic carbocycles. The lowest BCUT2D eigenvalue weighted by molar-refractivity contribution is -0.138. The van der Waals surface area contributed by atoms with Crippen molar-refractivity contribution < 1.29 is 9.53 Å². The number of carbonyl (C=O) groups excluding carboxylic acids is 1. The molecule has 1 aromatic heterocycles. The third-order valence-electron chi connectivity index (χ3n) is 2.59. The molecule has 0 radical (unpaired) electrons. The molecular formula is C13H16N2O2S. The molecule has 0 aliphatic heterocycles. The van der Waals surface area contributed by atoms with E-state index in [9.17, 15) is 4.79 Å². The molecule has 0 saturated carbocycles. The molecule has 0 spiro atoms. The van der Waals surface area contributed by atoms with Gasteiger partial charge in [-0.2, -0.15) is 0 Å². The largest absolute Gasteiger partial charge is 0.468 e. The third-order valence-corrected chi connectivity index (χ3v) is 3.69. The molecule has 0 amide bonds. The number of esters is 1. The first-order valence-corrected chi connectivity index (χ1v) is 6.73. The van der Waals surface area contributed by atoms with Gasteiger partial charge < -0.3 is 9.64 Å². The number of anilines is 1. The highest BCUT2D eigenvalue weighted by Crippen LogP contribution is 2.28. The number of thiazole rings is 1. The zero-order valence-electron chi connectivity index (χ0n) is 10.5. The van der Waals surface area contributed by atoms with E-state index in [4.69, 9.17) is 4.74 Å². The zero-order valence-corrected chi connectivity index (χ0v) is 11.4. The molecule has 5 heteroatoms. The maximum Gasteiger partial charge on any atom is 0.325 e. The number of nitrogens with zero attached hydrogens (tertiary/aromatic N) is 2. The molecule has 0 aliphatic rings. The lowest BCUT2D eigenvalue weighted by atomic mass is 10.3. The average Bonchev–Trinajstić information content (AvgIpc) is 2.81. The quantitative estimate of drug-likeness (QED) is 0.779. The number of hydrogen-bond donors (Lipinski definition) is 0. The van der Waals surface area contributed by atoms with Gasteiger partial charge in [-0.25, -0.2) is 4.98 Å². The van der Waals surface area contributed by atoms with Crippen LogP contribution in [0.5, 0.6) is 0 Å². The Labute approximate surface area is 110 Å². The van der Waals surface area contributed by atoms with Gasteiger partial charge in [0, 0.05) is 6.54 Å². The van der Waals surface area contributed by atoms with E-state index in [1.54, 1.807) is 11.3 Å². The molecule has 0 fully saturated rings. The van der Waals surface area contributed by atoms with Crippen LogP contribution in [0.25, 0.3) is 10.2 Å². The van der Waals surface area contributed by atoms with E-state index in [2.05, 4.69) is 11.9 Å². The van der Waals surface area contributed by atoms with Gasteiger partial charge in [0.15, 0.2) is 5.13 Å². The number of benzene rings is 1. The molecule has 1 heterocycles. The molecule has 1 aromatic carbocycles. The van der Waals surface area contributed by atoms with Crippen molar-refractivity contribution in [2.24, 2.45) is 0 Å². The second-order valence-electron chi connectivity index (χ2n) is 3.96. The van der Waals surface area contributed by atoms with Gasteiger partial charge in [-0.05, 0) is 18.6 Å². The molecule has 0 unspecified atom stereocenters. The molecule has 18 heavy (non-hydrogen) atoms. The number of aromatic nitrogens is 1. The summed E-state index contributed by atoms with van der Waals surface area (Å²) in [7, 11) is 1.41. The first-order chi connectivity index (χ1) is 8.74. The number of methoxy groups -OCH3 is 1. The van der Waals surface area contributed by atoms with Gasteiger partial charge in [0.05, 0.1) is 17.3 Å². The monoisotopic (exact) mass is 264 g/mol. The fourth-order valence-electron chi connectivity index (χ4n) is 1.73. The Balaban J connectivity index is 2.26. The predicted octanol–water partition coefficient (Wildman–Crippen LogP) is 2.69. The lowest BCUT2D eigenvalue weighted by Crippen LogP contribution is -2.31. The van der Waals surface area contributed by atoms with Gasteiger partial charge in [-0.1, -0.05) is 30.4 Å².